The summed E-state index contributed by atoms with van der Waals surface area (Å²) in [7, 11) is 1.17. The van der Waals surface area contributed by atoms with Crippen LogP contribution in [0.4, 0.5) is 9.18 Å². The van der Waals surface area contributed by atoms with Crippen LogP contribution in [0, 0.1) is 0 Å². The summed E-state index contributed by atoms with van der Waals surface area (Å²) in [6, 6.07) is 0. The molecule has 0 saturated carbocycles. The Morgan fingerprint density at radius 3 is 2.55 bits per heavy atom. The first-order valence-corrected chi connectivity index (χ1v) is 8.15. The summed E-state index contributed by atoms with van der Waals surface area (Å²) >= 11 is 3.11. The zero-order valence-electron chi connectivity index (χ0n) is 13.3. The van der Waals surface area contributed by atoms with Crippen LogP contribution in [-0.4, -0.2) is 64.5 Å². The standard InChI is InChI=1S/C14H23BrFNO5/c1-13(2,3)22-12(20)17-8-9(16)5-14(17,11(19)21-4)6-10(18)7-15/h9-10,18H,5-8H2,1-4H3/t9-,10?,14-/m1/s1. The Labute approximate surface area is 138 Å². The molecule has 1 fully saturated rings. The lowest BCUT2D eigenvalue weighted by Gasteiger charge is -2.37. The molecule has 0 aromatic carbocycles. The summed E-state index contributed by atoms with van der Waals surface area (Å²) < 4.78 is 24.0. The number of aliphatic hydroxyl groups excluding tert-OH is 1. The fourth-order valence-corrected chi connectivity index (χ4v) is 2.81. The van der Waals surface area contributed by atoms with Crippen molar-refractivity contribution in [3.8, 4) is 0 Å². The zero-order chi connectivity index (χ0) is 17.1. The van der Waals surface area contributed by atoms with Crippen molar-refractivity contribution in [2.75, 3.05) is 19.0 Å². The Morgan fingerprint density at radius 2 is 2.09 bits per heavy atom. The number of alkyl halides is 2. The Bertz CT molecular complexity index is 428. The first kappa shape index (κ1) is 19.2. The number of nitrogens with zero attached hydrogens (tertiary/aromatic N) is 1. The van der Waals surface area contributed by atoms with E-state index in [-0.39, 0.29) is 24.7 Å². The molecule has 1 saturated heterocycles. The van der Waals surface area contributed by atoms with Gasteiger partial charge in [0.1, 0.15) is 17.3 Å². The van der Waals surface area contributed by atoms with Crippen LogP contribution in [-0.2, 0) is 14.3 Å². The summed E-state index contributed by atoms with van der Waals surface area (Å²) in [5.74, 6) is -0.751. The van der Waals surface area contributed by atoms with Gasteiger partial charge >= 0.3 is 12.1 Å². The number of hydrogen-bond donors (Lipinski definition) is 1. The number of halogens is 2. The molecule has 22 heavy (non-hydrogen) atoms. The Balaban J connectivity index is 3.14. The van der Waals surface area contributed by atoms with E-state index >= 15 is 0 Å². The van der Waals surface area contributed by atoms with Crippen molar-refractivity contribution < 1.29 is 28.6 Å². The fourth-order valence-electron chi connectivity index (χ4n) is 2.59. The van der Waals surface area contributed by atoms with Gasteiger partial charge in [-0.3, -0.25) is 4.90 Å². The van der Waals surface area contributed by atoms with Gasteiger partial charge in [0, 0.05) is 18.2 Å². The average Bonchev–Trinajstić information content (AvgIpc) is 2.73. The average molecular weight is 384 g/mol. The second-order valence-electron chi connectivity index (χ2n) is 6.43. The molecule has 0 spiro atoms. The molecule has 6 nitrogen and oxygen atoms in total. The first-order valence-electron chi connectivity index (χ1n) is 7.03. The van der Waals surface area contributed by atoms with Crippen molar-refractivity contribution in [3.05, 3.63) is 0 Å². The Hall–Kier alpha value is -0.890. The van der Waals surface area contributed by atoms with Crippen molar-refractivity contribution in [1.82, 2.24) is 4.90 Å². The molecule has 1 aliphatic heterocycles. The van der Waals surface area contributed by atoms with Crippen molar-refractivity contribution in [3.63, 3.8) is 0 Å². The Morgan fingerprint density at radius 1 is 1.50 bits per heavy atom. The van der Waals surface area contributed by atoms with Crippen LogP contribution in [0.1, 0.15) is 33.6 Å². The summed E-state index contributed by atoms with van der Waals surface area (Å²) in [5.41, 5.74) is -2.33. The molecule has 8 heteroatoms. The molecule has 128 valence electrons. The van der Waals surface area contributed by atoms with Gasteiger partial charge in [-0.1, -0.05) is 15.9 Å². The van der Waals surface area contributed by atoms with Crippen LogP contribution >= 0.6 is 15.9 Å². The van der Waals surface area contributed by atoms with Crippen LogP contribution in [0.15, 0.2) is 0 Å². The van der Waals surface area contributed by atoms with Gasteiger partial charge in [-0.15, -0.1) is 0 Å². The molecule has 3 atom stereocenters. The third kappa shape index (κ3) is 4.32. The van der Waals surface area contributed by atoms with Gasteiger partial charge in [-0.25, -0.2) is 14.0 Å². The predicted molar refractivity (Wildman–Crippen MR) is 81.6 cm³/mol. The molecule has 1 rings (SSSR count). The quantitative estimate of drug-likeness (QED) is 0.593. The first-order chi connectivity index (χ1) is 10.1. The van der Waals surface area contributed by atoms with Gasteiger partial charge in [0.15, 0.2) is 0 Å². The molecule has 0 radical (unpaired) electrons. The van der Waals surface area contributed by atoms with Gasteiger partial charge in [-0.2, -0.15) is 0 Å². The number of ether oxygens (including phenoxy) is 2. The largest absolute Gasteiger partial charge is 0.467 e. The normalized spacial score (nSPS) is 26.7. The molecule has 1 heterocycles. The van der Waals surface area contributed by atoms with E-state index in [9.17, 15) is 19.1 Å². The van der Waals surface area contributed by atoms with Gasteiger partial charge in [0.2, 0.25) is 0 Å². The van der Waals surface area contributed by atoms with Crippen molar-refractivity contribution in [2.45, 2.75) is 57.0 Å². The van der Waals surface area contributed by atoms with Crippen LogP contribution in [0.3, 0.4) is 0 Å². The van der Waals surface area contributed by atoms with E-state index in [1.165, 1.54) is 7.11 Å². The number of hydrogen-bond acceptors (Lipinski definition) is 5. The summed E-state index contributed by atoms with van der Waals surface area (Å²) in [6.07, 6.45) is -3.43. The maximum atomic E-state index is 14.0. The molecular weight excluding hydrogens is 361 g/mol. The van der Waals surface area contributed by atoms with E-state index in [1.54, 1.807) is 20.8 Å². The topological polar surface area (TPSA) is 76.1 Å². The molecule has 0 aliphatic carbocycles. The minimum absolute atomic E-state index is 0.120. The summed E-state index contributed by atoms with van der Waals surface area (Å²) in [4.78, 5) is 25.6. The third-order valence-corrected chi connectivity index (χ3v) is 4.13. The lowest BCUT2D eigenvalue weighted by Crippen LogP contribution is -2.56. The molecule has 1 aliphatic rings. The predicted octanol–water partition coefficient (Wildman–Crippen LogP) is 2.02. The fraction of sp³-hybridized carbons (Fsp3) is 0.857. The number of likely N-dealkylation sites (tertiary alicyclic amines) is 1. The molecule has 0 aromatic rings. The molecule has 0 bridgehead atoms. The maximum absolute atomic E-state index is 14.0. The minimum atomic E-state index is -1.55. The van der Waals surface area contributed by atoms with Gasteiger partial charge in [0.25, 0.3) is 0 Å². The number of rotatable bonds is 4. The van der Waals surface area contributed by atoms with Gasteiger partial charge in [-0.05, 0) is 20.8 Å². The van der Waals surface area contributed by atoms with E-state index in [0.29, 0.717) is 0 Å². The SMILES string of the molecule is COC(=O)[C@]1(CC(O)CBr)C[C@@H](F)CN1C(=O)OC(C)(C)C. The van der Waals surface area contributed by atoms with E-state index in [2.05, 4.69) is 15.9 Å². The molecule has 0 aromatic heterocycles. The number of carbonyl (C=O) groups excluding carboxylic acids is 2. The zero-order valence-corrected chi connectivity index (χ0v) is 14.9. The maximum Gasteiger partial charge on any atom is 0.411 e. The van der Waals surface area contributed by atoms with E-state index in [0.717, 1.165) is 4.90 Å². The van der Waals surface area contributed by atoms with Crippen molar-refractivity contribution in [2.24, 2.45) is 0 Å². The molecule has 1 unspecified atom stereocenters. The number of methoxy groups -OCH3 is 1. The van der Waals surface area contributed by atoms with E-state index < -0.39 is 35.5 Å². The smallest absolute Gasteiger partial charge is 0.411 e. The van der Waals surface area contributed by atoms with E-state index in [4.69, 9.17) is 9.47 Å². The summed E-state index contributed by atoms with van der Waals surface area (Å²) in [5, 5.41) is 10.1. The van der Waals surface area contributed by atoms with Crippen molar-refractivity contribution in [1.29, 1.82) is 0 Å². The Kier molecular flexibility index (Phi) is 6.20. The lowest BCUT2D eigenvalue weighted by molar-refractivity contribution is -0.155. The monoisotopic (exact) mass is 383 g/mol. The van der Waals surface area contributed by atoms with Gasteiger partial charge < -0.3 is 14.6 Å². The number of esters is 1. The number of amides is 1. The van der Waals surface area contributed by atoms with Crippen LogP contribution in [0.25, 0.3) is 0 Å². The second-order valence-corrected chi connectivity index (χ2v) is 7.08. The van der Waals surface area contributed by atoms with Crippen molar-refractivity contribution >= 4 is 28.0 Å². The second kappa shape index (κ2) is 7.12. The lowest BCUT2D eigenvalue weighted by atomic mass is 9.89. The van der Waals surface area contributed by atoms with Crippen LogP contribution in [0.2, 0.25) is 0 Å². The minimum Gasteiger partial charge on any atom is -0.467 e. The highest BCUT2D eigenvalue weighted by molar-refractivity contribution is 9.09. The molecular formula is C14H23BrFNO5. The summed E-state index contributed by atoms with van der Waals surface area (Å²) in [6.45, 7) is 4.78. The highest BCUT2D eigenvalue weighted by Gasteiger charge is 2.56. The van der Waals surface area contributed by atoms with Crippen LogP contribution < -0.4 is 0 Å². The highest BCUT2D eigenvalue weighted by atomic mass is 79.9. The number of carbonyl (C=O) groups is 2. The number of aliphatic hydroxyl groups is 1. The van der Waals surface area contributed by atoms with Gasteiger partial charge in [0.05, 0.1) is 19.8 Å². The molecule has 1 N–H and O–H groups in total. The highest BCUT2D eigenvalue weighted by Crippen LogP contribution is 2.37. The van der Waals surface area contributed by atoms with E-state index in [1.807, 2.05) is 0 Å². The third-order valence-electron chi connectivity index (χ3n) is 3.39. The molecule has 1 amide bonds. The van der Waals surface area contributed by atoms with Crippen LogP contribution in [0.5, 0.6) is 0 Å².